The van der Waals surface area contributed by atoms with Crippen LogP contribution in [0.2, 0.25) is 0 Å². The number of aryl methyl sites for hydroxylation is 1. The molecule has 0 spiro atoms. The Morgan fingerprint density at radius 1 is 1.24 bits per heavy atom. The number of amides is 1. The molecule has 2 heterocycles. The van der Waals surface area contributed by atoms with Crippen LogP contribution in [0.4, 0.5) is 5.82 Å². The topological polar surface area (TPSA) is 59.8 Å². The van der Waals surface area contributed by atoms with Crippen molar-refractivity contribution in [1.29, 1.82) is 0 Å². The predicted molar refractivity (Wildman–Crippen MR) is 82.0 cm³/mol. The van der Waals surface area contributed by atoms with Crippen molar-refractivity contribution in [2.75, 3.05) is 5.32 Å². The molecule has 21 heavy (non-hydrogen) atoms. The minimum atomic E-state index is -0.361. The summed E-state index contributed by atoms with van der Waals surface area (Å²) in [6.45, 7) is 3.81. The van der Waals surface area contributed by atoms with Crippen molar-refractivity contribution >= 4 is 22.8 Å². The van der Waals surface area contributed by atoms with Crippen molar-refractivity contribution in [3.63, 3.8) is 0 Å². The normalized spacial score (nSPS) is 12.3. The summed E-state index contributed by atoms with van der Waals surface area (Å²) in [5.74, 6) is 0.451. The van der Waals surface area contributed by atoms with Gasteiger partial charge >= 0.3 is 0 Å². The number of carbonyl (C=O) groups excluding carboxylic acids is 1. The number of para-hydroxylation sites is 2. The second kappa shape index (κ2) is 5.36. The van der Waals surface area contributed by atoms with Crippen LogP contribution >= 0.6 is 0 Å². The number of imidazole rings is 1. The monoisotopic (exact) mass is 280 g/mol. The lowest BCUT2D eigenvalue weighted by atomic mass is 10.2. The molecule has 1 atom stereocenters. The summed E-state index contributed by atoms with van der Waals surface area (Å²) in [5, 5.41) is 2.84. The molecule has 0 aliphatic rings. The third kappa shape index (κ3) is 2.63. The van der Waals surface area contributed by atoms with Gasteiger partial charge in [0.1, 0.15) is 11.9 Å². The minimum absolute atomic E-state index is 0.115. The second-order valence-corrected chi connectivity index (χ2v) is 5.02. The number of aromatic nitrogens is 3. The smallest absolute Gasteiger partial charge is 0.248 e. The fraction of sp³-hybridized carbons (Fsp3) is 0.188. The number of hydrogen-bond acceptors (Lipinski definition) is 3. The van der Waals surface area contributed by atoms with E-state index in [4.69, 9.17) is 0 Å². The molecule has 1 amide bonds. The fourth-order valence-electron chi connectivity index (χ4n) is 2.25. The van der Waals surface area contributed by atoms with Gasteiger partial charge < -0.3 is 9.88 Å². The molecule has 0 aliphatic carbocycles. The van der Waals surface area contributed by atoms with Crippen molar-refractivity contribution in [3.8, 4) is 0 Å². The lowest BCUT2D eigenvalue weighted by molar-refractivity contribution is -0.118. The van der Waals surface area contributed by atoms with E-state index in [1.54, 1.807) is 12.5 Å². The summed E-state index contributed by atoms with van der Waals surface area (Å²) in [7, 11) is 0. The average molecular weight is 280 g/mol. The Morgan fingerprint density at radius 2 is 2.05 bits per heavy atom. The number of carbonyl (C=O) groups is 1. The van der Waals surface area contributed by atoms with Crippen LogP contribution in [0.15, 0.2) is 48.9 Å². The lowest BCUT2D eigenvalue weighted by Gasteiger charge is -2.14. The first kappa shape index (κ1) is 13.3. The summed E-state index contributed by atoms with van der Waals surface area (Å²) in [6.07, 6.45) is 3.38. The summed E-state index contributed by atoms with van der Waals surface area (Å²) in [5.41, 5.74) is 2.88. The van der Waals surface area contributed by atoms with Crippen molar-refractivity contribution < 1.29 is 4.79 Å². The molecular formula is C16H16N4O. The number of fused-ring (bicyclic) bond motifs is 1. The number of pyridine rings is 1. The third-order valence-electron chi connectivity index (χ3n) is 3.44. The van der Waals surface area contributed by atoms with E-state index in [1.165, 1.54) is 0 Å². The quantitative estimate of drug-likeness (QED) is 0.802. The first-order valence-electron chi connectivity index (χ1n) is 6.80. The number of rotatable bonds is 3. The van der Waals surface area contributed by atoms with E-state index in [9.17, 15) is 4.79 Å². The molecule has 0 saturated heterocycles. The van der Waals surface area contributed by atoms with Gasteiger partial charge in [0.05, 0.1) is 17.4 Å². The van der Waals surface area contributed by atoms with Gasteiger partial charge in [0, 0.05) is 6.20 Å². The van der Waals surface area contributed by atoms with E-state index in [0.29, 0.717) is 5.82 Å². The maximum atomic E-state index is 12.4. The Bertz CT molecular complexity index is 794. The van der Waals surface area contributed by atoms with Crippen molar-refractivity contribution in [3.05, 3.63) is 54.5 Å². The molecule has 1 N–H and O–H groups in total. The predicted octanol–water partition coefficient (Wildman–Crippen LogP) is 2.94. The Kier molecular flexibility index (Phi) is 3.39. The van der Waals surface area contributed by atoms with Gasteiger partial charge in [-0.05, 0) is 43.7 Å². The minimum Gasteiger partial charge on any atom is -0.318 e. The van der Waals surface area contributed by atoms with Gasteiger partial charge in [-0.2, -0.15) is 0 Å². The highest BCUT2D eigenvalue weighted by Gasteiger charge is 2.17. The van der Waals surface area contributed by atoms with E-state index >= 15 is 0 Å². The maximum absolute atomic E-state index is 12.4. The molecule has 3 aromatic rings. The highest BCUT2D eigenvalue weighted by atomic mass is 16.2. The standard InChI is InChI=1S/C16H16N4O/c1-11-7-8-17-15(9-11)19-16(21)12(2)20-10-18-13-5-3-4-6-14(13)20/h3-10,12H,1-2H3,(H,17,19,21). The van der Waals surface area contributed by atoms with Crippen LogP contribution in [0.1, 0.15) is 18.5 Å². The van der Waals surface area contributed by atoms with Crippen LogP contribution in [-0.4, -0.2) is 20.4 Å². The van der Waals surface area contributed by atoms with Gasteiger partial charge in [-0.15, -0.1) is 0 Å². The number of anilines is 1. The largest absolute Gasteiger partial charge is 0.318 e. The van der Waals surface area contributed by atoms with Crippen LogP contribution in [0.25, 0.3) is 11.0 Å². The summed E-state index contributed by atoms with van der Waals surface area (Å²) in [4.78, 5) is 20.8. The summed E-state index contributed by atoms with van der Waals surface area (Å²) < 4.78 is 1.86. The van der Waals surface area contributed by atoms with Gasteiger partial charge in [0.25, 0.3) is 0 Å². The van der Waals surface area contributed by atoms with Gasteiger partial charge in [-0.1, -0.05) is 12.1 Å². The molecule has 1 aromatic carbocycles. The van der Waals surface area contributed by atoms with Gasteiger partial charge in [0.2, 0.25) is 5.91 Å². The van der Waals surface area contributed by atoms with E-state index in [2.05, 4.69) is 15.3 Å². The molecule has 0 saturated carbocycles. The lowest BCUT2D eigenvalue weighted by Crippen LogP contribution is -2.23. The van der Waals surface area contributed by atoms with Gasteiger partial charge in [-0.3, -0.25) is 4.79 Å². The Morgan fingerprint density at radius 3 is 2.86 bits per heavy atom. The molecule has 0 radical (unpaired) electrons. The molecule has 5 nitrogen and oxygen atoms in total. The maximum Gasteiger partial charge on any atom is 0.248 e. The van der Waals surface area contributed by atoms with E-state index in [-0.39, 0.29) is 11.9 Å². The highest BCUT2D eigenvalue weighted by molar-refractivity contribution is 5.93. The Labute approximate surface area is 122 Å². The zero-order chi connectivity index (χ0) is 14.8. The molecule has 1 unspecified atom stereocenters. The van der Waals surface area contributed by atoms with Crippen LogP contribution in [0, 0.1) is 6.92 Å². The van der Waals surface area contributed by atoms with Crippen LogP contribution in [0.5, 0.6) is 0 Å². The zero-order valence-electron chi connectivity index (χ0n) is 11.9. The van der Waals surface area contributed by atoms with E-state index < -0.39 is 0 Å². The van der Waals surface area contributed by atoms with Crippen molar-refractivity contribution in [1.82, 2.24) is 14.5 Å². The fourth-order valence-corrected chi connectivity index (χ4v) is 2.25. The van der Waals surface area contributed by atoms with Gasteiger partial charge in [-0.25, -0.2) is 9.97 Å². The molecule has 106 valence electrons. The third-order valence-corrected chi connectivity index (χ3v) is 3.44. The Balaban J connectivity index is 1.84. The first-order valence-corrected chi connectivity index (χ1v) is 6.80. The van der Waals surface area contributed by atoms with E-state index in [0.717, 1.165) is 16.6 Å². The van der Waals surface area contributed by atoms with Crippen molar-refractivity contribution in [2.24, 2.45) is 0 Å². The number of benzene rings is 1. The number of hydrogen-bond donors (Lipinski definition) is 1. The summed E-state index contributed by atoms with van der Waals surface area (Å²) in [6, 6.07) is 11.1. The molecule has 3 rings (SSSR count). The highest BCUT2D eigenvalue weighted by Crippen LogP contribution is 2.18. The van der Waals surface area contributed by atoms with E-state index in [1.807, 2.05) is 54.8 Å². The van der Waals surface area contributed by atoms with Gasteiger partial charge in [0.15, 0.2) is 0 Å². The second-order valence-electron chi connectivity index (χ2n) is 5.02. The molecule has 0 fully saturated rings. The van der Waals surface area contributed by atoms with Crippen LogP contribution in [-0.2, 0) is 4.79 Å². The number of nitrogens with one attached hydrogen (secondary N) is 1. The molecule has 2 aromatic heterocycles. The Hall–Kier alpha value is -2.69. The molecule has 0 aliphatic heterocycles. The first-order chi connectivity index (χ1) is 10.1. The molecular weight excluding hydrogens is 264 g/mol. The summed E-state index contributed by atoms with van der Waals surface area (Å²) >= 11 is 0. The zero-order valence-corrected chi connectivity index (χ0v) is 11.9. The average Bonchev–Trinajstić information content (AvgIpc) is 2.90. The van der Waals surface area contributed by atoms with Crippen LogP contribution < -0.4 is 5.32 Å². The van der Waals surface area contributed by atoms with Crippen molar-refractivity contribution in [2.45, 2.75) is 19.9 Å². The van der Waals surface area contributed by atoms with Crippen LogP contribution in [0.3, 0.4) is 0 Å². The number of nitrogens with zero attached hydrogens (tertiary/aromatic N) is 3. The molecule has 0 bridgehead atoms. The SMILES string of the molecule is Cc1ccnc(NC(=O)C(C)n2cnc3ccccc32)c1. The molecule has 5 heteroatoms.